The quantitative estimate of drug-likeness (QED) is 0.710. The third-order valence-corrected chi connectivity index (χ3v) is 1.75. The predicted octanol–water partition coefficient (Wildman–Crippen LogP) is 3.59. The summed E-state index contributed by atoms with van der Waals surface area (Å²) < 4.78 is 38.2. The molecule has 0 saturated carbocycles. The van der Waals surface area contributed by atoms with E-state index in [4.69, 9.17) is 0 Å². The standard InChI is InChI=1S/C8H11F3N2.C2H6/c1-5(2)6-4-13(3)12-7(6)8(9,10)11;1-2/h4-5H,1-3H3;1-2H3. The number of hydrogen-bond acceptors (Lipinski definition) is 1. The second kappa shape index (κ2) is 5.19. The zero-order valence-electron chi connectivity index (χ0n) is 9.68. The van der Waals surface area contributed by atoms with Crippen LogP contribution >= 0.6 is 0 Å². The number of hydrogen-bond donors (Lipinski definition) is 0. The molecule has 0 bridgehead atoms. The summed E-state index contributed by atoms with van der Waals surface area (Å²) >= 11 is 0. The molecule has 1 aromatic heterocycles. The minimum absolute atomic E-state index is 0.162. The van der Waals surface area contributed by atoms with Gasteiger partial charge in [0.2, 0.25) is 0 Å². The van der Waals surface area contributed by atoms with Crippen LogP contribution in [0, 0.1) is 0 Å². The van der Waals surface area contributed by atoms with Gasteiger partial charge in [0.15, 0.2) is 5.69 Å². The number of aromatic nitrogens is 2. The summed E-state index contributed by atoms with van der Waals surface area (Å²) in [4.78, 5) is 0. The van der Waals surface area contributed by atoms with E-state index in [1.54, 1.807) is 13.8 Å². The van der Waals surface area contributed by atoms with Gasteiger partial charge in [-0.15, -0.1) is 0 Å². The van der Waals surface area contributed by atoms with Gasteiger partial charge in [-0.05, 0) is 5.92 Å². The highest BCUT2D eigenvalue weighted by molar-refractivity contribution is 5.23. The highest BCUT2D eigenvalue weighted by atomic mass is 19.4. The van der Waals surface area contributed by atoms with E-state index in [-0.39, 0.29) is 11.5 Å². The van der Waals surface area contributed by atoms with Crippen LogP contribution in [0.5, 0.6) is 0 Å². The zero-order chi connectivity index (χ0) is 12.2. The summed E-state index contributed by atoms with van der Waals surface area (Å²) in [5.41, 5.74) is -0.528. The summed E-state index contributed by atoms with van der Waals surface area (Å²) in [5.74, 6) is -0.162. The van der Waals surface area contributed by atoms with E-state index >= 15 is 0 Å². The smallest absolute Gasteiger partial charge is 0.275 e. The van der Waals surface area contributed by atoms with Gasteiger partial charge in [0.1, 0.15) is 0 Å². The molecular weight excluding hydrogens is 205 g/mol. The lowest BCUT2D eigenvalue weighted by Gasteiger charge is -2.07. The summed E-state index contributed by atoms with van der Waals surface area (Å²) in [6.45, 7) is 7.43. The molecule has 0 atom stereocenters. The van der Waals surface area contributed by atoms with Gasteiger partial charge in [-0.2, -0.15) is 18.3 Å². The molecule has 1 heterocycles. The Balaban J connectivity index is 0.000000921. The van der Waals surface area contributed by atoms with Gasteiger partial charge in [0.25, 0.3) is 0 Å². The van der Waals surface area contributed by atoms with Crippen molar-refractivity contribution < 1.29 is 13.2 Å². The molecule has 0 aliphatic carbocycles. The van der Waals surface area contributed by atoms with Crippen LogP contribution in [0.2, 0.25) is 0 Å². The largest absolute Gasteiger partial charge is 0.435 e. The van der Waals surface area contributed by atoms with Gasteiger partial charge < -0.3 is 0 Å². The lowest BCUT2D eigenvalue weighted by atomic mass is 10.0. The summed E-state index contributed by atoms with van der Waals surface area (Å²) in [6, 6.07) is 0. The molecule has 1 rings (SSSR count). The molecule has 0 fully saturated rings. The van der Waals surface area contributed by atoms with Crippen LogP contribution in [0.25, 0.3) is 0 Å². The molecule has 2 nitrogen and oxygen atoms in total. The first kappa shape index (κ1) is 14.0. The average Bonchev–Trinajstić information content (AvgIpc) is 2.50. The van der Waals surface area contributed by atoms with Crippen molar-refractivity contribution in [3.63, 3.8) is 0 Å². The maximum Gasteiger partial charge on any atom is 0.435 e. The second-order valence-corrected chi connectivity index (χ2v) is 3.26. The molecule has 0 unspecified atom stereocenters. The highest BCUT2D eigenvalue weighted by Gasteiger charge is 2.37. The van der Waals surface area contributed by atoms with E-state index in [1.165, 1.54) is 17.9 Å². The van der Waals surface area contributed by atoms with Crippen molar-refractivity contribution in [1.82, 2.24) is 9.78 Å². The normalized spacial score (nSPS) is 11.3. The predicted molar refractivity (Wildman–Crippen MR) is 53.6 cm³/mol. The van der Waals surface area contributed by atoms with Crippen molar-refractivity contribution >= 4 is 0 Å². The van der Waals surface area contributed by atoms with Crippen LogP contribution < -0.4 is 0 Å². The van der Waals surface area contributed by atoms with E-state index in [9.17, 15) is 13.2 Å². The van der Waals surface area contributed by atoms with Crippen molar-refractivity contribution in [2.75, 3.05) is 0 Å². The topological polar surface area (TPSA) is 17.8 Å². The Morgan fingerprint density at radius 3 is 2.00 bits per heavy atom. The minimum Gasteiger partial charge on any atom is -0.275 e. The molecule has 0 aliphatic heterocycles. The maximum absolute atomic E-state index is 12.3. The Bertz CT molecular complexity index is 300. The minimum atomic E-state index is -4.35. The van der Waals surface area contributed by atoms with E-state index in [0.29, 0.717) is 0 Å². The van der Waals surface area contributed by atoms with E-state index < -0.39 is 11.9 Å². The van der Waals surface area contributed by atoms with Crippen molar-refractivity contribution in [2.24, 2.45) is 7.05 Å². The Labute approximate surface area is 88.1 Å². The Morgan fingerprint density at radius 1 is 1.27 bits per heavy atom. The molecule has 0 amide bonds. The summed E-state index contributed by atoms with van der Waals surface area (Å²) in [5, 5.41) is 3.39. The van der Waals surface area contributed by atoms with Gasteiger partial charge in [-0.1, -0.05) is 27.7 Å². The van der Waals surface area contributed by atoms with Crippen LogP contribution in [-0.2, 0) is 13.2 Å². The first-order valence-corrected chi connectivity index (χ1v) is 4.93. The molecule has 1 aromatic rings. The number of aryl methyl sites for hydroxylation is 1. The van der Waals surface area contributed by atoms with Crippen molar-refractivity contribution in [3.05, 3.63) is 17.5 Å². The van der Waals surface area contributed by atoms with Crippen LogP contribution in [0.15, 0.2) is 6.20 Å². The fourth-order valence-electron chi connectivity index (χ4n) is 1.15. The van der Waals surface area contributed by atoms with Gasteiger partial charge in [0.05, 0.1) is 0 Å². The van der Waals surface area contributed by atoms with E-state index in [1.807, 2.05) is 13.8 Å². The van der Waals surface area contributed by atoms with Crippen LogP contribution in [0.1, 0.15) is 44.9 Å². The average molecular weight is 222 g/mol. The molecule has 0 saturated heterocycles. The molecule has 15 heavy (non-hydrogen) atoms. The lowest BCUT2D eigenvalue weighted by Crippen LogP contribution is -2.10. The lowest BCUT2D eigenvalue weighted by molar-refractivity contribution is -0.142. The maximum atomic E-state index is 12.3. The van der Waals surface area contributed by atoms with E-state index in [0.717, 1.165) is 0 Å². The first-order chi connectivity index (χ1) is 6.82. The van der Waals surface area contributed by atoms with Gasteiger partial charge in [0, 0.05) is 18.8 Å². The molecule has 0 aromatic carbocycles. The van der Waals surface area contributed by atoms with Crippen LogP contribution in [0.3, 0.4) is 0 Å². The molecule has 0 aliphatic rings. The monoisotopic (exact) mass is 222 g/mol. The Hall–Kier alpha value is -1.00. The van der Waals surface area contributed by atoms with Gasteiger partial charge in [-0.25, -0.2) is 0 Å². The van der Waals surface area contributed by atoms with Crippen LogP contribution in [-0.4, -0.2) is 9.78 Å². The summed E-state index contributed by atoms with van der Waals surface area (Å²) in [6.07, 6.45) is -2.94. The first-order valence-electron chi connectivity index (χ1n) is 4.93. The molecule has 0 radical (unpaired) electrons. The fraction of sp³-hybridized carbons (Fsp3) is 0.700. The van der Waals surface area contributed by atoms with Crippen molar-refractivity contribution in [2.45, 2.75) is 39.8 Å². The molecule has 0 spiro atoms. The molecule has 88 valence electrons. The van der Waals surface area contributed by atoms with Gasteiger partial charge in [-0.3, -0.25) is 4.68 Å². The Kier molecular flexibility index (Phi) is 4.84. The zero-order valence-corrected chi connectivity index (χ0v) is 9.68. The Morgan fingerprint density at radius 2 is 1.73 bits per heavy atom. The second-order valence-electron chi connectivity index (χ2n) is 3.26. The van der Waals surface area contributed by atoms with Crippen molar-refractivity contribution in [3.8, 4) is 0 Å². The third-order valence-electron chi connectivity index (χ3n) is 1.75. The number of nitrogens with zero attached hydrogens (tertiary/aromatic N) is 2. The SMILES string of the molecule is CC.CC(C)c1cn(C)nc1C(F)(F)F. The van der Waals surface area contributed by atoms with Crippen molar-refractivity contribution in [1.29, 1.82) is 0 Å². The third kappa shape index (κ3) is 3.57. The van der Waals surface area contributed by atoms with E-state index in [2.05, 4.69) is 5.10 Å². The molecular formula is C10H17F3N2. The highest BCUT2D eigenvalue weighted by Crippen LogP contribution is 2.33. The number of halogens is 3. The number of alkyl halides is 3. The number of rotatable bonds is 1. The molecule has 5 heteroatoms. The van der Waals surface area contributed by atoms with Crippen LogP contribution in [0.4, 0.5) is 13.2 Å². The van der Waals surface area contributed by atoms with Gasteiger partial charge >= 0.3 is 6.18 Å². The summed E-state index contributed by atoms with van der Waals surface area (Å²) in [7, 11) is 1.49. The molecule has 0 N–H and O–H groups in total. The fourth-order valence-corrected chi connectivity index (χ4v) is 1.15.